The topological polar surface area (TPSA) is 53.7 Å². The van der Waals surface area contributed by atoms with E-state index in [1.54, 1.807) is 19.1 Å². The average Bonchev–Trinajstić information content (AvgIpc) is 3.04. The average molecular weight is 334 g/mol. The molecule has 0 fully saturated rings. The molecule has 0 bridgehead atoms. The summed E-state index contributed by atoms with van der Waals surface area (Å²) in [4.78, 5) is 7.68. The van der Waals surface area contributed by atoms with E-state index in [1.165, 1.54) is 21.9 Å². The molecule has 0 radical (unpaired) electrons. The summed E-state index contributed by atoms with van der Waals surface area (Å²) in [6.07, 6.45) is 0. The SMILES string of the molecule is CCN(CC)C(c1ccccc1F)c1sc2nc(C)nn2c1O. The fourth-order valence-electron chi connectivity index (χ4n) is 2.82. The standard InChI is InChI=1S/C16H19FN4OS/c1-4-20(5-2)13(11-8-6-7-9-12(11)17)14-15(22)21-16(23-14)18-10(3)19-21/h6-9,13,22H,4-5H2,1-3H3. The van der Waals surface area contributed by atoms with Crippen molar-refractivity contribution >= 4 is 16.3 Å². The van der Waals surface area contributed by atoms with Crippen LogP contribution in [0.2, 0.25) is 0 Å². The van der Waals surface area contributed by atoms with Crippen LogP contribution in [0.15, 0.2) is 24.3 Å². The second kappa shape index (κ2) is 6.25. The summed E-state index contributed by atoms with van der Waals surface area (Å²) in [6, 6.07) is 6.33. The van der Waals surface area contributed by atoms with Crippen LogP contribution < -0.4 is 0 Å². The molecule has 0 saturated carbocycles. The number of benzene rings is 1. The van der Waals surface area contributed by atoms with Crippen LogP contribution in [0.5, 0.6) is 5.88 Å². The molecule has 0 aliphatic rings. The number of aryl methyl sites for hydroxylation is 1. The molecule has 3 rings (SSSR count). The van der Waals surface area contributed by atoms with Crippen LogP contribution in [0.25, 0.3) is 4.96 Å². The molecule has 0 amide bonds. The van der Waals surface area contributed by atoms with Gasteiger partial charge in [-0.3, -0.25) is 4.90 Å². The van der Waals surface area contributed by atoms with E-state index in [4.69, 9.17) is 0 Å². The quantitative estimate of drug-likeness (QED) is 0.777. The second-order valence-electron chi connectivity index (χ2n) is 5.29. The maximum atomic E-state index is 14.4. The van der Waals surface area contributed by atoms with Gasteiger partial charge in [0.25, 0.3) is 0 Å². The summed E-state index contributed by atoms with van der Waals surface area (Å²) in [5.41, 5.74) is 0.549. The van der Waals surface area contributed by atoms with E-state index in [9.17, 15) is 9.50 Å². The van der Waals surface area contributed by atoms with E-state index in [2.05, 4.69) is 15.0 Å². The smallest absolute Gasteiger partial charge is 0.230 e. The number of fused-ring (bicyclic) bond motifs is 1. The number of hydrogen-bond donors (Lipinski definition) is 1. The summed E-state index contributed by atoms with van der Waals surface area (Å²) < 4.78 is 15.8. The number of aromatic hydroxyl groups is 1. The highest BCUT2D eigenvalue weighted by Crippen LogP contribution is 2.40. The highest BCUT2D eigenvalue weighted by atomic mass is 32.1. The highest BCUT2D eigenvalue weighted by molar-refractivity contribution is 7.17. The van der Waals surface area contributed by atoms with E-state index >= 15 is 0 Å². The molecule has 23 heavy (non-hydrogen) atoms. The van der Waals surface area contributed by atoms with Gasteiger partial charge in [0.05, 0.1) is 10.9 Å². The Morgan fingerprint density at radius 2 is 2.00 bits per heavy atom. The molecule has 122 valence electrons. The first-order chi connectivity index (χ1) is 11.1. The van der Waals surface area contributed by atoms with E-state index in [1.807, 2.05) is 19.9 Å². The van der Waals surface area contributed by atoms with Gasteiger partial charge in [0.15, 0.2) is 0 Å². The van der Waals surface area contributed by atoms with E-state index in [0.29, 0.717) is 21.2 Å². The fourth-order valence-corrected chi connectivity index (χ4v) is 3.97. The summed E-state index contributed by atoms with van der Waals surface area (Å²) in [5, 5.41) is 14.8. The van der Waals surface area contributed by atoms with Crippen LogP contribution in [0.1, 0.15) is 36.2 Å². The zero-order valence-corrected chi connectivity index (χ0v) is 14.1. The van der Waals surface area contributed by atoms with Crippen LogP contribution in [-0.2, 0) is 0 Å². The lowest BCUT2D eigenvalue weighted by atomic mass is 10.0. The predicted molar refractivity (Wildman–Crippen MR) is 88.4 cm³/mol. The lowest BCUT2D eigenvalue weighted by Gasteiger charge is -2.29. The number of halogens is 1. The molecule has 3 aromatic rings. The molecule has 2 aromatic heterocycles. The van der Waals surface area contributed by atoms with Crippen molar-refractivity contribution in [2.45, 2.75) is 26.8 Å². The van der Waals surface area contributed by atoms with Crippen molar-refractivity contribution in [1.82, 2.24) is 19.5 Å². The largest absolute Gasteiger partial charge is 0.492 e. The molecule has 1 N–H and O–H groups in total. The van der Waals surface area contributed by atoms with Crippen molar-refractivity contribution in [2.24, 2.45) is 0 Å². The maximum Gasteiger partial charge on any atom is 0.230 e. The Morgan fingerprint density at radius 3 is 2.61 bits per heavy atom. The minimum absolute atomic E-state index is 0.0331. The van der Waals surface area contributed by atoms with Crippen molar-refractivity contribution in [3.63, 3.8) is 0 Å². The Balaban J connectivity index is 2.19. The van der Waals surface area contributed by atoms with Crippen molar-refractivity contribution in [3.8, 4) is 5.88 Å². The van der Waals surface area contributed by atoms with Gasteiger partial charge in [-0.2, -0.15) is 4.52 Å². The van der Waals surface area contributed by atoms with Crippen LogP contribution in [0.4, 0.5) is 4.39 Å². The van der Waals surface area contributed by atoms with E-state index < -0.39 is 0 Å². The van der Waals surface area contributed by atoms with Crippen LogP contribution in [0, 0.1) is 12.7 Å². The third-order valence-corrected chi connectivity index (χ3v) is 5.00. The molecule has 1 atom stereocenters. The molecule has 7 heteroatoms. The normalized spacial score (nSPS) is 13.1. The molecule has 5 nitrogen and oxygen atoms in total. The summed E-state index contributed by atoms with van der Waals surface area (Å²) >= 11 is 1.35. The zero-order chi connectivity index (χ0) is 16.6. The zero-order valence-electron chi connectivity index (χ0n) is 13.3. The van der Waals surface area contributed by atoms with E-state index in [-0.39, 0.29) is 17.7 Å². The Bertz CT molecular complexity index is 825. The number of hydrogen-bond acceptors (Lipinski definition) is 5. The van der Waals surface area contributed by atoms with Crippen molar-refractivity contribution in [2.75, 3.05) is 13.1 Å². The molecule has 0 aliphatic carbocycles. The predicted octanol–water partition coefficient (Wildman–Crippen LogP) is 3.38. The van der Waals surface area contributed by atoms with Gasteiger partial charge in [-0.25, -0.2) is 9.37 Å². The van der Waals surface area contributed by atoms with Gasteiger partial charge in [0.2, 0.25) is 10.8 Å². The van der Waals surface area contributed by atoms with Gasteiger partial charge in [-0.15, -0.1) is 5.10 Å². The lowest BCUT2D eigenvalue weighted by Crippen LogP contribution is -2.29. The third kappa shape index (κ3) is 2.70. The van der Waals surface area contributed by atoms with Gasteiger partial charge >= 0.3 is 0 Å². The molecule has 1 unspecified atom stereocenters. The summed E-state index contributed by atoms with van der Waals surface area (Å²) in [7, 11) is 0. The number of aromatic nitrogens is 3. The molecule has 0 saturated heterocycles. The fraction of sp³-hybridized carbons (Fsp3) is 0.375. The second-order valence-corrected chi connectivity index (χ2v) is 6.30. The molecular weight excluding hydrogens is 315 g/mol. The van der Waals surface area contributed by atoms with Crippen LogP contribution in [-0.4, -0.2) is 37.7 Å². The highest BCUT2D eigenvalue weighted by Gasteiger charge is 2.29. The monoisotopic (exact) mass is 334 g/mol. The van der Waals surface area contributed by atoms with Gasteiger partial charge in [0.1, 0.15) is 11.6 Å². The summed E-state index contributed by atoms with van der Waals surface area (Å²) in [6.45, 7) is 7.30. The lowest BCUT2D eigenvalue weighted by molar-refractivity contribution is 0.243. The summed E-state index contributed by atoms with van der Waals surface area (Å²) in [5.74, 6) is 0.355. The number of rotatable bonds is 5. The Labute approximate surface area is 138 Å². The number of nitrogens with zero attached hydrogens (tertiary/aromatic N) is 4. The third-order valence-electron chi connectivity index (χ3n) is 3.93. The van der Waals surface area contributed by atoms with Gasteiger partial charge in [-0.1, -0.05) is 43.4 Å². The first kappa shape index (κ1) is 15.9. The maximum absolute atomic E-state index is 14.4. The van der Waals surface area contributed by atoms with Crippen LogP contribution in [0.3, 0.4) is 0 Å². The van der Waals surface area contributed by atoms with Gasteiger partial charge < -0.3 is 5.11 Å². The minimum Gasteiger partial charge on any atom is -0.492 e. The van der Waals surface area contributed by atoms with Crippen molar-refractivity contribution < 1.29 is 9.50 Å². The number of thiazole rings is 1. The molecular formula is C16H19FN4OS. The Hall–Kier alpha value is -1.99. The van der Waals surface area contributed by atoms with Gasteiger partial charge in [-0.05, 0) is 26.1 Å². The molecule has 0 spiro atoms. The minimum atomic E-state index is -0.361. The molecule has 2 heterocycles. The van der Waals surface area contributed by atoms with Crippen LogP contribution >= 0.6 is 11.3 Å². The van der Waals surface area contributed by atoms with Crippen molar-refractivity contribution in [1.29, 1.82) is 0 Å². The first-order valence-corrected chi connectivity index (χ1v) is 8.41. The molecule has 1 aromatic carbocycles. The Kier molecular flexibility index (Phi) is 4.32. The first-order valence-electron chi connectivity index (χ1n) is 7.60. The Morgan fingerprint density at radius 1 is 1.30 bits per heavy atom. The van der Waals surface area contributed by atoms with Crippen molar-refractivity contribution in [3.05, 3.63) is 46.3 Å². The molecule has 0 aliphatic heterocycles. The van der Waals surface area contributed by atoms with E-state index in [0.717, 1.165) is 13.1 Å². The van der Waals surface area contributed by atoms with Gasteiger partial charge in [0, 0.05) is 5.56 Å².